The highest BCUT2D eigenvalue weighted by Gasteiger charge is 2.41. The average Bonchev–Trinajstić information content (AvgIpc) is 2.82. The smallest absolute Gasteiger partial charge is 0.329 e. The number of ether oxygens (including phenoxy) is 1. The Morgan fingerprint density at radius 2 is 1.84 bits per heavy atom. The summed E-state index contributed by atoms with van der Waals surface area (Å²) in [4.78, 5) is 38.2. The number of imide groups is 1. The standard InChI is InChI=1S/C19H16ClNO4/c1-11-6-7-15-16(8-11)18(23)21(17(15)22)12(2)19(24)25-10-13-4-3-5-14(20)9-13/h3-9,12H,10H2,1-2H3. The van der Waals surface area contributed by atoms with E-state index in [-0.39, 0.29) is 6.61 Å². The van der Waals surface area contributed by atoms with E-state index >= 15 is 0 Å². The number of amides is 2. The molecule has 0 saturated heterocycles. The van der Waals surface area contributed by atoms with Crippen LogP contribution in [0.2, 0.25) is 5.02 Å². The Morgan fingerprint density at radius 1 is 1.12 bits per heavy atom. The van der Waals surface area contributed by atoms with Crippen molar-refractivity contribution in [3.05, 3.63) is 69.7 Å². The number of halogens is 1. The molecule has 3 rings (SSSR count). The van der Waals surface area contributed by atoms with Crippen LogP contribution in [0.5, 0.6) is 0 Å². The van der Waals surface area contributed by atoms with Gasteiger partial charge in [-0.1, -0.05) is 35.4 Å². The molecular formula is C19H16ClNO4. The van der Waals surface area contributed by atoms with Crippen LogP contribution in [0.15, 0.2) is 42.5 Å². The Bertz CT molecular complexity index is 877. The minimum Gasteiger partial charge on any atom is -0.459 e. The minimum atomic E-state index is -1.01. The third-order valence-corrected chi connectivity index (χ3v) is 4.31. The molecule has 1 unspecified atom stereocenters. The molecule has 0 fully saturated rings. The fraction of sp³-hybridized carbons (Fsp3) is 0.211. The van der Waals surface area contributed by atoms with Gasteiger partial charge in [0.1, 0.15) is 12.6 Å². The zero-order valence-corrected chi connectivity index (χ0v) is 14.5. The van der Waals surface area contributed by atoms with Gasteiger partial charge in [0.2, 0.25) is 0 Å². The molecule has 5 nitrogen and oxygen atoms in total. The third-order valence-electron chi connectivity index (χ3n) is 4.07. The first-order chi connectivity index (χ1) is 11.9. The molecule has 0 aliphatic carbocycles. The summed E-state index contributed by atoms with van der Waals surface area (Å²) >= 11 is 5.89. The highest BCUT2D eigenvalue weighted by molar-refractivity contribution is 6.30. The van der Waals surface area contributed by atoms with Gasteiger partial charge in [0.05, 0.1) is 11.1 Å². The Hall–Kier alpha value is -2.66. The molecule has 2 aromatic rings. The summed E-state index contributed by atoms with van der Waals surface area (Å²) in [5.74, 6) is -1.60. The van der Waals surface area contributed by atoms with E-state index in [1.165, 1.54) is 6.92 Å². The van der Waals surface area contributed by atoms with Crippen LogP contribution >= 0.6 is 11.6 Å². The first-order valence-electron chi connectivity index (χ1n) is 7.78. The van der Waals surface area contributed by atoms with E-state index in [0.717, 1.165) is 16.0 Å². The van der Waals surface area contributed by atoms with Gasteiger partial charge in [-0.2, -0.15) is 0 Å². The van der Waals surface area contributed by atoms with Crippen LogP contribution < -0.4 is 0 Å². The number of hydrogen-bond donors (Lipinski definition) is 0. The lowest BCUT2D eigenvalue weighted by Gasteiger charge is -2.20. The monoisotopic (exact) mass is 357 g/mol. The molecule has 0 spiro atoms. The van der Waals surface area contributed by atoms with Crippen LogP contribution in [0.3, 0.4) is 0 Å². The fourth-order valence-electron chi connectivity index (χ4n) is 2.73. The predicted octanol–water partition coefficient (Wildman–Crippen LogP) is 3.38. The quantitative estimate of drug-likeness (QED) is 0.621. The van der Waals surface area contributed by atoms with Gasteiger partial charge >= 0.3 is 5.97 Å². The Labute approximate surface area is 150 Å². The molecule has 0 radical (unpaired) electrons. The second-order valence-electron chi connectivity index (χ2n) is 5.94. The van der Waals surface area contributed by atoms with Crippen molar-refractivity contribution in [2.75, 3.05) is 0 Å². The van der Waals surface area contributed by atoms with Crippen LogP contribution in [0.4, 0.5) is 0 Å². The topological polar surface area (TPSA) is 63.7 Å². The minimum absolute atomic E-state index is 0.0199. The first-order valence-corrected chi connectivity index (χ1v) is 8.16. The second-order valence-corrected chi connectivity index (χ2v) is 6.38. The average molecular weight is 358 g/mol. The van der Waals surface area contributed by atoms with Gasteiger partial charge in [-0.05, 0) is 43.7 Å². The van der Waals surface area contributed by atoms with Gasteiger partial charge < -0.3 is 4.74 Å². The summed E-state index contributed by atoms with van der Waals surface area (Å²) in [7, 11) is 0. The van der Waals surface area contributed by atoms with Crippen molar-refractivity contribution in [3.63, 3.8) is 0 Å². The van der Waals surface area contributed by atoms with Gasteiger partial charge in [0, 0.05) is 5.02 Å². The Kier molecular flexibility index (Phi) is 4.59. The lowest BCUT2D eigenvalue weighted by molar-refractivity contribution is -0.149. The first kappa shape index (κ1) is 17.2. The summed E-state index contributed by atoms with van der Waals surface area (Å²) in [6.07, 6.45) is 0. The number of fused-ring (bicyclic) bond motifs is 1. The van der Waals surface area contributed by atoms with Crippen molar-refractivity contribution in [1.82, 2.24) is 4.90 Å². The number of carbonyl (C=O) groups excluding carboxylic acids is 3. The molecule has 6 heteroatoms. The van der Waals surface area contributed by atoms with Gasteiger partial charge in [-0.25, -0.2) is 4.79 Å². The summed E-state index contributed by atoms with van der Waals surface area (Å²) in [5, 5.41) is 0.539. The molecule has 0 N–H and O–H groups in total. The van der Waals surface area contributed by atoms with Crippen molar-refractivity contribution in [3.8, 4) is 0 Å². The number of carbonyl (C=O) groups is 3. The fourth-order valence-corrected chi connectivity index (χ4v) is 2.95. The van der Waals surface area contributed by atoms with Gasteiger partial charge in [0.25, 0.3) is 11.8 Å². The van der Waals surface area contributed by atoms with E-state index in [2.05, 4.69) is 0 Å². The number of aryl methyl sites for hydroxylation is 1. The van der Waals surface area contributed by atoms with E-state index in [9.17, 15) is 14.4 Å². The summed E-state index contributed by atoms with van der Waals surface area (Å²) < 4.78 is 5.23. The predicted molar refractivity (Wildman–Crippen MR) is 92.4 cm³/mol. The number of nitrogens with zero attached hydrogens (tertiary/aromatic N) is 1. The largest absolute Gasteiger partial charge is 0.459 e. The molecule has 2 amide bonds. The van der Waals surface area contributed by atoms with E-state index in [0.29, 0.717) is 16.1 Å². The molecule has 1 heterocycles. The summed E-state index contributed by atoms with van der Waals surface area (Å²) in [5.41, 5.74) is 2.23. The maximum Gasteiger partial charge on any atom is 0.329 e. The zero-order valence-electron chi connectivity index (χ0n) is 13.8. The normalized spacial score (nSPS) is 14.4. The van der Waals surface area contributed by atoms with Crippen LogP contribution in [-0.4, -0.2) is 28.7 Å². The molecule has 1 aliphatic rings. The molecule has 0 aromatic heterocycles. The lowest BCUT2D eigenvalue weighted by Crippen LogP contribution is -2.43. The van der Waals surface area contributed by atoms with E-state index in [4.69, 9.17) is 16.3 Å². The van der Waals surface area contributed by atoms with E-state index in [1.807, 2.05) is 6.92 Å². The molecule has 0 bridgehead atoms. The van der Waals surface area contributed by atoms with Crippen molar-refractivity contribution in [2.24, 2.45) is 0 Å². The van der Waals surface area contributed by atoms with Crippen molar-refractivity contribution >= 4 is 29.4 Å². The van der Waals surface area contributed by atoms with E-state index < -0.39 is 23.8 Å². The van der Waals surface area contributed by atoms with Crippen LogP contribution in [0, 0.1) is 6.92 Å². The maximum atomic E-state index is 12.5. The summed E-state index contributed by atoms with van der Waals surface area (Å²) in [6, 6.07) is 10.9. The van der Waals surface area contributed by atoms with Gasteiger partial charge in [0.15, 0.2) is 0 Å². The van der Waals surface area contributed by atoms with Crippen LogP contribution in [0.25, 0.3) is 0 Å². The number of esters is 1. The molecule has 128 valence electrons. The van der Waals surface area contributed by atoms with E-state index in [1.54, 1.807) is 42.5 Å². The Balaban J connectivity index is 1.72. The zero-order chi connectivity index (χ0) is 18.1. The van der Waals surface area contributed by atoms with Gasteiger partial charge in [-0.15, -0.1) is 0 Å². The van der Waals surface area contributed by atoms with Gasteiger partial charge in [-0.3, -0.25) is 14.5 Å². The molecular weight excluding hydrogens is 342 g/mol. The van der Waals surface area contributed by atoms with Crippen molar-refractivity contribution < 1.29 is 19.1 Å². The Morgan fingerprint density at radius 3 is 2.56 bits per heavy atom. The molecule has 25 heavy (non-hydrogen) atoms. The maximum absolute atomic E-state index is 12.5. The lowest BCUT2D eigenvalue weighted by atomic mass is 10.1. The van der Waals surface area contributed by atoms with Crippen LogP contribution in [-0.2, 0) is 16.1 Å². The third kappa shape index (κ3) is 3.28. The molecule has 1 atom stereocenters. The van der Waals surface area contributed by atoms with Crippen molar-refractivity contribution in [1.29, 1.82) is 0 Å². The second kappa shape index (κ2) is 6.69. The number of hydrogen-bond acceptors (Lipinski definition) is 4. The van der Waals surface area contributed by atoms with Crippen molar-refractivity contribution in [2.45, 2.75) is 26.5 Å². The van der Waals surface area contributed by atoms with Crippen LogP contribution in [0.1, 0.15) is 38.8 Å². The molecule has 2 aromatic carbocycles. The molecule has 0 saturated carbocycles. The highest BCUT2D eigenvalue weighted by Crippen LogP contribution is 2.26. The highest BCUT2D eigenvalue weighted by atomic mass is 35.5. The SMILES string of the molecule is Cc1ccc2c(c1)C(=O)N(C(C)C(=O)OCc1cccc(Cl)c1)C2=O. The molecule has 1 aliphatic heterocycles. The number of rotatable bonds is 4. The summed E-state index contributed by atoms with van der Waals surface area (Å²) in [6.45, 7) is 3.34. The number of benzene rings is 2.